The van der Waals surface area contributed by atoms with E-state index in [1.54, 1.807) is 0 Å². The molecule has 1 aliphatic rings. The van der Waals surface area contributed by atoms with Crippen LogP contribution >= 0.6 is 0 Å². The predicted molar refractivity (Wildman–Crippen MR) is 81.1 cm³/mol. The van der Waals surface area contributed by atoms with Gasteiger partial charge in [0.15, 0.2) is 0 Å². The molecule has 114 valence electrons. The number of ether oxygens (including phenoxy) is 1. The maximum Gasteiger partial charge on any atom is 0.407 e. The third-order valence-corrected chi connectivity index (χ3v) is 3.89. The van der Waals surface area contributed by atoms with Crippen LogP contribution in [0.25, 0.3) is 0 Å². The molecule has 0 bridgehead atoms. The van der Waals surface area contributed by atoms with Gasteiger partial charge in [0.25, 0.3) is 0 Å². The van der Waals surface area contributed by atoms with Crippen LogP contribution in [0.4, 0.5) is 4.79 Å². The molecule has 21 heavy (non-hydrogen) atoms. The molecule has 0 spiro atoms. The van der Waals surface area contributed by atoms with E-state index in [2.05, 4.69) is 17.4 Å². The van der Waals surface area contributed by atoms with E-state index in [1.165, 1.54) is 5.56 Å². The zero-order valence-corrected chi connectivity index (χ0v) is 12.9. The van der Waals surface area contributed by atoms with Gasteiger partial charge in [-0.05, 0) is 39.2 Å². The number of aldehydes is 1. The van der Waals surface area contributed by atoms with Gasteiger partial charge in [0.2, 0.25) is 0 Å². The molecular formula is C17H23NO3. The molecule has 1 fully saturated rings. The van der Waals surface area contributed by atoms with Crippen molar-refractivity contribution in [2.75, 3.05) is 6.54 Å². The number of nitrogens with one attached hydrogen (secondary N) is 1. The highest BCUT2D eigenvalue weighted by molar-refractivity contribution is 5.68. The molecule has 1 amide bonds. The van der Waals surface area contributed by atoms with Crippen LogP contribution in [0.2, 0.25) is 0 Å². The Labute approximate surface area is 125 Å². The largest absolute Gasteiger partial charge is 0.444 e. The summed E-state index contributed by atoms with van der Waals surface area (Å²) < 4.78 is 5.21. The summed E-state index contributed by atoms with van der Waals surface area (Å²) in [4.78, 5) is 22.8. The Bertz CT molecular complexity index is 507. The quantitative estimate of drug-likeness (QED) is 0.848. The van der Waals surface area contributed by atoms with E-state index >= 15 is 0 Å². The van der Waals surface area contributed by atoms with Crippen LogP contribution in [-0.4, -0.2) is 24.5 Å². The van der Waals surface area contributed by atoms with E-state index in [-0.39, 0.29) is 11.3 Å². The molecule has 1 aromatic rings. The maximum atomic E-state index is 11.6. The molecule has 0 saturated heterocycles. The lowest BCUT2D eigenvalue weighted by Gasteiger charge is -2.21. The number of benzene rings is 1. The summed E-state index contributed by atoms with van der Waals surface area (Å²) in [6.45, 7) is 6.01. The van der Waals surface area contributed by atoms with Crippen LogP contribution in [0.15, 0.2) is 30.3 Å². The fourth-order valence-corrected chi connectivity index (χ4v) is 2.75. The minimum absolute atomic E-state index is 0.0559. The van der Waals surface area contributed by atoms with Crippen molar-refractivity contribution >= 4 is 12.4 Å². The van der Waals surface area contributed by atoms with Crippen molar-refractivity contribution in [3.8, 4) is 0 Å². The molecule has 0 heterocycles. The summed E-state index contributed by atoms with van der Waals surface area (Å²) in [5.74, 6) is 0.0559. The number of hydrogen-bond donors (Lipinski definition) is 1. The molecule has 2 atom stereocenters. The van der Waals surface area contributed by atoms with Gasteiger partial charge in [-0.15, -0.1) is 0 Å². The lowest BCUT2D eigenvalue weighted by molar-refractivity contribution is -0.109. The lowest BCUT2D eigenvalue weighted by atomic mass is 9.90. The number of hydrogen-bond acceptors (Lipinski definition) is 3. The molecule has 0 aliphatic heterocycles. The first-order chi connectivity index (χ1) is 9.87. The van der Waals surface area contributed by atoms with E-state index in [1.807, 2.05) is 39.0 Å². The third kappa shape index (κ3) is 3.84. The molecule has 1 saturated carbocycles. The van der Waals surface area contributed by atoms with Crippen molar-refractivity contribution in [3.05, 3.63) is 35.9 Å². The monoisotopic (exact) mass is 289 g/mol. The number of carbonyl (C=O) groups is 2. The predicted octanol–water partition coefficient (Wildman–Crippen LogP) is 3.06. The van der Waals surface area contributed by atoms with Crippen molar-refractivity contribution in [1.29, 1.82) is 0 Å². The van der Waals surface area contributed by atoms with Crippen molar-refractivity contribution in [2.45, 2.75) is 44.6 Å². The fraction of sp³-hybridized carbons (Fsp3) is 0.529. The Morgan fingerprint density at radius 2 is 2.05 bits per heavy atom. The molecule has 0 unspecified atom stereocenters. The van der Waals surface area contributed by atoms with Crippen molar-refractivity contribution in [3.63, 3.8) is 0 Å². The van der Waals surface area contributed by atoms with Crippen LogP contribution in [0.1, 0.15) is 39.2 Å². The zero-order chi connectivity index (χ0) is 15.5. The van der Waals surface area contributed by atoms with E-state index in [9.17, 15) is 9.59 Å². The van der Waals surface area contributed by atoms with Gasteiger partial charge in [0, 0.05) is 17.9 Å². The SMILES string of the molecule is CC(C)(C)OC(=O)NCC[C@@]1(c2ccccc2)C[C@@H]1C=O. The minimum Gasteiger partial charge on any atom is -0.444 e. The second kappa shape index (κ2) is 5.88. The summed E-state index contributed by atoms with van der Waals surface area (Å²) >= 11 is 0. The Kier molecular flexibility index (Phi) is 4.35. The van der Waals surface area contributed by atoms with Crippen LogP contribution in [0.3, 0.4) is 0 Å². The average Bonchev–Trinajstić information content (AvgIpc) is 3.13. The molecule has 1 aliphatic carbocycles. The van der Waals surface area contributed by atoms with Gasteiger partial charge in [-0.2, -0.15) is 0 Å². The van der Waals surface area contributed by atoms with Crippen LogP contribution in [0.5, 0.6) is 0 Å². The van der Waals surface area contributed by atoms with Gasteiger partial charge in [-0.3, -0.25) is 0 Å². The third-order valence-electron chi connectivity index (χ3n) is 3.89. The summed E-state index contributed by atoms with van der Waals surface area (Å²) in [5, 5.41) is 2.77. The average molecular weight is 289 g/mol. The second-order valence-corrected chi connectivity index (χ2v) is 6.65. The molecule has 0 aromatic heterocycles. The zero-order valence-electron chi connectivity index (χ0n) is 12.9. The van der Waals surface area contributed by atoms with Crippen molar-refractivity contribution in [1.82, 2.24) is 5.32 Å². The Hall–Kier alpha value is -1.84. The Morgan fingerprint density at radius 3 is 2.57 bits per heavy atom. The number of carbonyl (C=O) groups excluding carboxylic acids is 2. The number of alkyl carbamates (subject to hydrolysis) is 1. The highest BCUT2D eigenvalue weighted by Crippen LogP contribution is 2.55. The van der Waals surface area contributed by atoms with Gasteiger partial charge in [-0.25, -0.2) is 4.79 Å². The first kappa shape index (κ1) is 15.5. The first-order valence-corrected chi connectivity index (χ1v) is 7.35. The van der Waals surface area contributed by atoms with Crippen LogP contribution in [-0.2, 0) is 14.9 Å². The smallest absolute Gasteiger partial charge is 0.407 e. The highest BCUT2D eigenvalue weighted by Gasteiger charge is 2.54. The van der Waals surface area contributed by atoms with Crippen LogP contribution in [0, 0.1) is 5.92 Å². The highest BCUT2D eigenvalue weighted by atomic mass is 16.6. The molecule has 4 heteroatoms. The van der Waals surface area contributed by atoms with E-state index in [4.69, 9.17) is 4.74 Å². The van der Waals surface area contributed by atoms with Gasteiger partial charge in [0.05, 0.1) is 0 Å². The van der Waals surface area contributed by atoms with Crippen molar-refractivity contribution < 1.29 is 14.3 Å². The topological polar surface area (TPSA) is 55.4 Å². The molecule has 1 N–H and O–H groups in total. The Balaban J connectivity index is 1.91. The van der Waals surface area contributed by atoms with Gasteiger partial charge < -0.3 is 14.8 Å². The summed E-state index contributed by atoms with van der Waals surface area (Å²) in [7, 11) is 0. The normalized spacial score (nSPS) is 24.2. The Morgan fingerprint density at radius 1 is 1.38 bits per heavy atom. The molecular weight excluding hydrogens is 266 g/mol. The summed E-state index contributed by atoms with van der Waals surface area (Å²) in [6, 6.07) is 10.0. The number of rotatable bonds is 5. The molecule has 2 rings (SSSR count). The van der Waals surface area contributed by atoms with Gasteiger partial charge in [-0.1, -0.05) is 30.3 Å². The summed E-state index contributed by atoms with van der Waals surface area (Å²) in [6.07, 6.45) is 2.23. The summed E-state index contributed by atoms with van der Waals surface area (Å²) in [5.41, 5.74) is 0.567. The van der Waals surface area contributed by atoms with E-state index in [0.29, 0.717) is 6.54 Å². The lowest BCUT2D eigenvalue weighted by Crippen LogP contribution is -2.34. The second-order valence-electron chi connectivity index (χ2n) is 6.65. The maximum absolute atomic E-state index is 11.6. The molecule has 4 nitrogen and oxygen atoms in total. The van der Waals surface area contributed by atoms with E-state index in [0.717, 1.165) is 19.1 Å². The standard InChI is InChI=1S/C17H23NO3/c1-16(2,3)21-15(20)18-10-9-17(11-14(17)12-19)13-7-5-4-6-8-13/h4-8,12,14H,9-11H2,1-3H3,(H,18,20)/t14-,17+/m1/s1. The first-order valence-electron chi connectivity index (χ1n) is 7.35. The van der Waals surface area contributed by atoms with Crippen molar-refractivity contribution in [2.24, 2.45) is 5.92 Å². The van der Waals surface area contributed by atoms with Crippen LogP contribution < -0.4 is 5.32 Å². The van der Waals surface area contributed by atoms with Gasteiger partial charge in [0.1, 0.15) is 11.9 Å². The molecule has 0 radical (unpaired) electrons. The number of amides is 1. The van der Waals surface area contributed by atoms with E-state index < -0.39 is 11.7 Å². The minimum atomic E-state index is -0.494. The fourth-order valence-electron chi connectivity index (χ4n) is 2.75. The molecule has 1 aromatic carbocycles. The van der Waals surface area contributed by atoms with Gasteiger partial charge >= 0.3 is 6.09 Å².